The summed E-state index contributed by atoms with van der Waals surface area (Å²) in [7, 11) is -3.40. The Balaban J connectivity index is 1.21. The summed E-state index contributed by atoms with van der Waals surface area (Å²) in [5.41, 5.74) is 0.618. The summed E-state index contributed by atoms with van der Waals surface area (Å²) in [6.07, 6.45) is 10.1. The Hall–Kier alpha value is -1.77. The maximum atomic E-state index is 14.5. The smallest absolute Gasteiger partial charge is 0.225 e. The minimum Gasteiger partial charge on any atom is -0.378 e. The van der Waals surface area contributed by atoms with Crippen LogP contribution in [0.3, 0.4) is 0 Å². The summed E-state index contributed by atoms with van der Waals surface area (Å²) >= 11 is 5.86. The van der Waals surface area contributed by atoms with Gasteiger partial charge in [-0.1, -0.05) is 17.7 Å². The zero-order valence-electron chi connectivity index (χ0n) is 18.2. The van der Waals surface area contributed by atoms with Crippen molar-refractivity contribution < 1.29 is 17.5 Å². The average Bonchev–Trinajstić information content (AvgIpc) is 2.78. The molecule has 9 heteroatoms. The van der Waals surface area contributed by atoms with E-state index in [1.807, 2.05) is 0 Å². The Kier molecular flexibility index (Phi) is 7.32. The van der Waals surface area contributed by atoms with Crippen LogP contribution in [0, 0.1) is 11.7 Å². The van der Waals surface area contributed by atoms with Crippen LogP contribution < -0.4 is 4.90 Å². The predicted octanol–water partition coefficient (Wildman–Crippen LogP) is 4.63. The maximum Gasteiger partial charge on any atom is 0.225 e. The molecule has 0 amide bonds. The average molecular weight is 482 g/mol. The van der Waals surface area contributed by atoms with E-state index in [9.17, 15) is 12.8 Å². The van der Waals surface area contributed by atoms with Gasteiger partial charge in [-0.05, 0) is 68.1 Å². The molecule has 6 nitrogen and oxygen atoms in total. The molecular weight excluding hydrogens is 453 g/mol. The number of halogens is 2. The molecule has 0 atom stereocenters. The van der Waals surface area contributed by atoms with Crippen LogP contribution in [0.1, 0.15) is 50.0 Å². The number of piperidine rings is 1. The number of sulfone groups is 1. The second kappa shape index (κ2) is 10.0. The monoisotopic (exact) mass is 481 g/mol. The first-order valence-electron chi connectivity index (χ1n) is 11.1. The van der Waals surface area contributed by atoms with E-state index in [0.717, 1.165) is 76.5 Å². The highest BCUT2D eigenvalue weighted by atomic mass is 35.5. The fourth-order valence-corrected chi connectivity index (χ4v) is 5.38. The van der Waals surface area contributed by atoms with Crippen LogP contribution in [0.15, 0.2) is 35.5 Å². The standard InChI is InChI=1S/C23H29ClFN3O3S/c1-32(29,30)20-6-7-21(22(25)12-20)17-2-4-19(5-3-17)31-15-16-8-10-28(11-9-16)23-26-13-18(24)14-27-23/h6-7,12-14,16-17,19H,2-5,8-11,15H2,1H3. The molecule has 1 aliphatic carbocycles. The largest absolute Gasteiger partial charge is 0.378 e. The number of aromatic nitrogens is 2. The Morgan fingerprint density at radius 1 is 1.09 bits per heavy atom. The summed E-state index contributed by atoms with van der Waals surface area (Å²) in [5.74, 6) is 0.945. The summed E-state index contributed by atoms with van der Waals surface area (Å²) in [6.45, 7) is 2.57. The van der Waals surface area contributed by atoms with Gasteiger partial charge in [-0.2, -0.15) is 0 Å². The molecule has 4 rings (SSSR count). The van der Waals surface area contributed by atoms with Crippen molar-refractivity contribution in [2.75, 3.05) is 30.9 Å². The topological polar surface area (TPSA) is 72.4 Å². The number of benzene rings is 1. The number of anilines is 1. The van der Waals surface area contributed by atoms with Crippen molar-refractivity contribution in [3.8, 4) is 0 Å². The third-order valence-corrected chi connectivity index (χ3v) is 7.89. The summed E-state index contributed by atoms with van der Waals surface area (Å²) in [6, 6.07) is 4.29. The van der Waals surface area contributed by atoms with Gasteiger partial charge in [-0.25, -0.2) is 22.8 Å². The molecule has 1 saturated carbocycles. The Morgan fingerprint density at radius 2 is 1.75 bits per heavy atom. The Labute approximate surface area is 194 Å². The molecule has 2 heterocycles. The number of rotatable bonds is 6. The van der Waals surface area contributed by atoms with Crippen LogP contribution in [-0.4, -0.2) is 50.4 Å². The lowest BCUT2D eigenvalue weighted by Gasteiger charge is -2.34. The van der Waals surface area contributed by atoms with Gasteiger partial charge in [0.25, 0.3) is 0 Å². The predicted molar refractivity (Wildman–Crippen MR) is 122 cm³/mol. The minimum atomic E-state index is -3.40. The van der Waals surface area contributed by atoms with E-state index < -0.39 is 15.7 Å². The van der Waals surface area contributed by atoms with Gasteiger partial charge in [0, 0.05) is 26.0 Å². The highest BCUT2D eigenvalue weighted by Crippen LogP contribution is 2.36. The van der Waals surface area contributed by atoms with Crippen molar-refractivity contribution >= 4 is 27.4 Å². The Bertz CT molecular complexity index is 1020. The van der Waals surface area contributed by atoms with Crippen LogP contribution in [0.5, 0.6) is 0 Å². The second-order valence-corrected chi connectivity index (χ2v) is 11.3. The molecule has 2 aliphatic rings. The van der Waals surface area contributed by atoms with Gasteiger partial charge in [0.1, 0.15) is 5.82 Å². The maximum absolute atomic E-state index is 14.5. The summed E-state index contributed by atoms with van der Waals surface area (Å²) in [5, 5.41) is 0.542. The van der Waals surface area contributed by atoms with E-state index in [1.54, 1.807) is 18.5 Å². The molecule has 0 N–H and O–H groups in total. The van der Waals surface area contributed by atoms with Crippen molar-refractivity contribution in [3.63, 3.8) is 0 Å². The zero-order chi connectivity index (χ0) is 22.7. The number of nitrogens with zero attached hydrogens (tertiary/aromatic N) is 3. The number of hydrogen-bond donors (Lipinski definition) is 0. The van der Waals surface area contributed by atoms with Gasteiger partial charge in [-0.3, -0.25) is 0 Å². The quantitative estimate of drug-likeness (QED) is 0.598. The van der Waals surface area contributed by atoms with E-state index in [-0.39, 0.29) is 16.9 Å². The van der Waals surface area contributed by atoms with E-state index in [1.165, 1.54) is 6.07 Å². The molecule has 0 radical (unpaired) electrons. The molecule has 2 aromatic rings. The highest BCUT2D eigenvalue weighted by molar-refractivity contribution is 7.90. The number of hydrogen-bond acceptors (Lipinski definition) is 6. The fraction of sp³-hybridized carbons (Fsp3) is 0.565. The summed E-state index contributed by atoms with van der Waals surface area (Å²) < 4.78 is 44.0. The SMILES string of the molecule is CS(=O)(=O)c1ccc(C2CCC(OCC3CCN(c4ncc(Cl)cn4)CC3)CC2)c(F)c1. The van der Waals surface area contributed by atoms with Crippen LogP contribution >= 0.6 is 11.6 Å². The fourth-order valence-electron chi connectivity index (χ4n) is 4.65. The van der Waals surface area contributed by atoms with Gasteiger partial charge in [0.2, 0.25) is 5.95 Å². The third kappa shape index (κ3) is 5.77. The van der Waals surface area contributed by atoms with Crippen molar-refractivity contribution in [1.82, 2.24) is 9.97 Å². The van der Waals surface area contributed by atoms with Gasteiger partial charge in [-0.15, -0.1) is 0 Å². The first-order valence-corrected chi connectivity index (χ1v) is 13.4. The van der Waals surface area contributed by atoms with Gasteiger partial charge in [0.15, 0.2) is 9.84 Å². The van der Waals surface area contributed by atoms with Crippen molar-refractivity contribution in [2.45, 2.75) is 55.4 Å². The van der Waals surface area contributed by atoms with E-state index >= 15 is 0 Å². The number of ether oxygens (including phenoxy) is 1. The second-order valence-electron chi connectivity index (χ2n) is 8.89. The van der Waals surface area contributed by atoms with Gasteiger partial charge >= 0.3 is 0 Å². The Morgan fingerprint density at radius 3 is 2.34 bits per heavy atom. The van der Waals surface area contributed by atoms with E-state index in [0.29, 0.717) is 16.5 Å². The lowest BCUT2D eigenvalue weighted by atomic mass is 9.82. The molecule has 32 heavy (non-hydrogen) atoms. The van der Waals surface area contributed by atoms with Gasteiger partial charge in [0.05, 0.1) is 28.4 Å². The molecule has 1 aliphatic heterocycles. The third-order valence-electron chi connectivity index (χ3n) is 6.59. The molecule has 1 saturated heterocycles. The van der Waals surface area contributed by atoms with Crippen LogP contribution in [0.4, 0.5) is 10.3 Å². The minimum absolute atomic E-state index is 0.0319. The molecule has 0 spiro atoms. The lowest BCUT2D eigenvalue weighted by molar-refractivity contribution is 0.000397. The molecule has 0 unspecified atom stereocenters. The van der Waals surface area contributed by atoms with Crippen LogP contribution in [-0.2, 0) is 14.6 Å². The first-order chi connectivity index (χ1) is 15.3. The van der Waals surface area contributed by atoms with E-state index in [2.05, 4.69) is 14.9 Å². The first kappa shape index (κ1) is 23.4. The van der Waals surface area contributed by atoms with Crippen molar-refractivity contribution in [2.24, 2.45) is 5.92 Å². The van der Waals surface area contributed by atoms with E-state index in [4.69, 9.17) is 16.3 Å². The van der Waals surface area contributed by atoms with Crippen molar-refractivity contribution in [3.05, 3.63) is 47.0 Å². The normalized spacial score (nSPS) is 22.8. The molecule has 1 aromatic heterocycles. The molecule has 174 valence electrons. The lowest BCUT2D eigenvalue weighted by Crippen LogP contribution is -2.36. The highest BCUT2D eigenvalue weighted by Gasteiger charge is 2.27. The molecule has 0 bridgehead atoms. The van der Waals surface area contributed by atoms with Crippen LogP contribution in [0.25, 0.3) is 0 Å². The van der Waals surface area contributed by atoms with Gasteiger partial charge < -0.3 is 9.64 Å². The van der Waals surface area contributed by atoms with Crippen LogP contribution in [0.2, 0.25) is 5.02 Å². The summed E-state index contributed by atoms with van der Waals surface area (Å²) in [4.78, 5) is 10.8. The zero-order valence-corrected chi connectivity index (χ0v) is 19.8. The molecule has 1 aromatic carbocycles. The molecule has 2 fully saturated rings. The molecular formula is C23H29ClFN3O3S. The van der Waals surface area contributed by atoms with Crippen molar-refractivity contribution in [1.29, 1.82) is 0 Å².